The van der Waals surface area contributed by atoms with Crippen LogP contribution in [-0.2, 0) is 0 Å². The van der Waals surface area contributed by atoms with E-state index in [4.69, 9.17) is 12.2 Å². The van der Waals surface area contributed by atoms with Gasteiger partial charge in [-0.2, -0.15) is 0 Å². The molecule has 0 bridgehead atoms. The standard InChI is InChI=1S/C14H23N3S2/c1-17(2)11-6-9-15-14(18)16-10-12-19-13-7-4-3-5-8-13/h3-5,7-8H,6,9-12H2,1-2H3,(H2,15,16,18)/p+1. The van der Waals surface area contributed by atoms with Crippen molar-refractivity contribution in [3.8, 4) is 0 Å². The third-order valence-electron chi connectivity index (χ3n) is 2.54. The molecule has 0 unspecified atom stereocenters. The predicted molar refractivity (Wildman–Crippen MR) is 88.1 cm³/mol. The SMILES string of the molecule is C[NH+](C)CCCNC(=S)NCCSc1ccccc1. The fourth-order valence-electron chi connectivity index (χ4n) is 1.56. The van der Waals surface area contributed by atoms with Crippen LogP contribution in [0.2, 0.25) is 0 Å². The first-order valence-electron chi connectivity index (χ1n) is 6.67. The number of hydrogen-bond acceptors (Lipinski definition) is 2. The Morgan fingerprint density at radius 1 is 1.16 bits per heavy atom. The second-order valence-electron chi connectivity index (χ2n) is 4.65. The lowest BCUT2D eigenvalue weighted by Crippen LogP contribution is -3.05. The highest BCUT2D eigenvalue weighted by molar-refractivity contribution is 7.99. The number of benzene rings is 1. The molecule has 3 nitrogen and oxygen atoms in total. The molecule has 0 aliphatic heterocycles. The molecule has 0 spiro atoms. The second-order valence-corrected chi connectivity index (χ2v) is 6.23. The largest absolute Gasteiger partial charge is 0.363 e. The second kappa shape index (κ2) is 10.1. The van der Waals surface area contributed by atoms with Gasteiger partial charge in [-0.1, -0.05) is 18.2 Å². The first-order valence-corrected chi connectivity index (χ1v) is 8.06. The van der Waals surface area contributed by atoms with Crippen LogP contribution >= 0.6 is 24.0 Å². The maximum Gasteiger partial charge on any atom is 0.166 e. The maximum atomic E-state index is 5.22. The molecule has 5 heteroatoms. The smallest absolute Gasteiger partial charge is 0.166 e. The Kier molecular flexibility index (Phi) is 8.62. The van der Waals surface area contributed by atoms with Gasteiger partial charge in [-0.15, -0.1) is 11.8 Å². The molecule has 1 rings (SSSR count). The van der Waals surface area contributed by atoms with Gasteiger partial charge in [0.25, 0.3) is 0 Å². The first-order chi connectivity index (χ1) is 9.18. The van der Waals surface area contributed by atoms with E-state index in [1.807, 2.05) is 17.8 Å². The van der Waals surface area contributed by atoms with E-state index in [0.717, 1.165) is 30.4 Å². The summed E-state index contributed by atoms with van der Waals surface area (Å²) in [6, 6.07) is 10.4. The van der Waals surface area contributed by atoms with E-state index in [-0.39, 0.29) is 0 Å². The van der Waals surface area contributed by atoms with E-state index in [1.165, 1.54) is 16.3 Å². The monoisotopic (exact) mass is 298 g/mol. The van der Waals surface area contributed by atoms with Crippen LogP contribution in [0.15, 0.2) is 35.2 Å². The molecule has 0 amide bonds. The molecule has 3 N–H and O–H groups in total. The lowest BCUT2D eigenvalue weighted by atomic mass is 10.4. The summed E-state index contributed by atoms with van der Waals surface area (Å²) in [7, 11) is 4.33. The van der Waals surface area contributed by atoms with Crippen molar-refractivity contribution < 1.29 is 4.90 Å². The summed E-state index contributed by atoms with van der Waals surface area (Å²) in [5.74, 6) is 1.02. The number of nitrogens with one attached hydrogen (secondary N) is 3. The summed E-state index contributed by atoms with van der Waals surface area (Å²) in [6.45, 7) is 3.01. The number of rotatable bonds is 8. The van der Waals surface area contributed by atoms with Crippen molar-refractivity contribution in [3.05, 3.63) is 30.3 Å². The van der Waals surface area contributed by atoms with Crippen molar-refractivity contribution >= 4 is 29.1 Å². The lowest BCUT2D eigenvalue weighted by Gasteiger charge is -2.11. The van der Waals surface area contributed by atoms with E-state index in [1.54, 1.807) is 0 Å². The summed E-state index contributed by atoms with van der Waals surface area (Å²) < 4.78 is 0. The molecule has 0 aromatic heterocycles. The molecular weight excluding hydrogens is 274 g/mol. The minimum Gasteiger partial charge on any atom is -0.363 e. The number of hydrogen-bond donors (Lipinski definition) is 3. The molecule has 0 saturated heterocycles. The summed E-state index contributed by atoms with van der Waals surface area (Å²) in [5.41, 5.74) is 0. The lowest BCUT2D eigenvalue weighted by molar-refractivity contribution is -0.858. The highest BCUT2D eigenvalue weighted by Crippen LogP contribution is 2.15. The Morgan fingerprint density at radius 2 is 1.84 bits per heavy atom. The molecule has 0 saturated carbocycles. The van der Waals surface area contributed by atoms with Crippen molar-refractivity contribution in [3.63, 3.8) is 0 Å². The molecule has 0 aliphatic rings. The minimum atomic E-state index is 0.766. The molecule has 1 aromatic carbocycles. The number of quaternary nitrogens is 1. The summed E-state index contributed by atoms with van der Waals surface area (Å²) >= 11 is 7.07. The molecular formula is C14H24N3S2+. The fraction of sp³-hybridized carbons (Fsp3) is 0.500. The van der Waals surface area contributed by atoms with Crippen LogP contribution in [0, 0.1) is 0 Å². The molecule has 0 heterocycles. The van der Waals surface area contributed by atoms with Crippen LogP contribution in [0.4, 0.5) is 0 Å². The Bertz CT molecular complexity index is 355. The van der Waals surface area contributed by atoms with Gasteiger partial charge in [0, 0.05) is 30.2 Å². The highest BCUT2D eigenvalue weighted by Gasteiger charge is 1.97. The van der Waals surface area contributed by atoms with Gasteiger partial charge < -0.3 is 15.5 Å². The first kappa shape index (κ1) is 16.3. The van der Waals surface area contributed by atoms with Gasteiger partial charge in [-0.05, 0) is 24.4 Å². The molecule has 1 aromatic rings. The zero-order chi connectivity index (χ0) is 13.9. The van der Waals surface area contributed by atoms with E-state index >= 15 is 0 Å². The Balaban J connectivity index is 1.98. The Hall–Kier alpha value is -0.780. The topological polar surface area (TPSA) is 28.5 Å². The molecule has 106 valence electrons. The average molecular weight is 299 g/mol. The summed E-state index contributed by atoms with van der Waals surface area (Å²) in [4.78, 5) is 2.78. The summed E-state index contributed by atoms with van der Waals surface area (Å²) in [6.07, 6.45) is 1.14. The van der Waals surface area contributed by atoms with E-state index < -0.39 is 0 Å². The van der Waals surface area contributed by atoms with Crippen molar-refractivity contribution in [2.24, 2.45) is 0 Å². The van der Waals surface area contributed by atoms with Crippen LogP contribution < -0.4 is 15.5 Å². The van der Waals surface area contributed by atoms with Crippen molar-refractivity contribution in [1.29, 1.82) is 0 Å². The van der Waals surface area contributed by atoms with Crippen LogP contribution in [0.5, 0.6) is 0 Å². The van der Waals surface area contributed by atoms with Crippen LogP contribution in [-0.4, -0.2) is 44.6 Å². The molecule has 0 radical (unpaired) electrons. The molecule has 0 fully saturated rings. The zero-order valence-corrected chi connectivity index (χ0v) is 13.4. The van der Waals surface area contributed by atoms with Crippen molar-refractivity contribution in [2.45, 2.75) is 11.3 Å². The normalized spacial score (nSPS) is 10.5. The van der Waals surface area contributed by atoms with Crippen molar-refractivity contribution in [1.82, 2.24) is 10.6 Å². The van der Waals surface area contributed by atoms with E-state index in [0.29, 0.717) is 0 Å². The maximum absolute atomic E-state index is 5.22. The number of thioether (sulfide) groups is 1. The van der Waals surface area contributed by atoms with Gasteiger partial charge in [-0.25, -0.2) is 0 Å². The highest BCUT2D eigenvalue weighted by atomic mass is 32.2. The summed E-state index contributed by atoms with van der Waals surface area (Å²) in [5, 5.41) is 7.23. The van der Waals surface area contributed by atoms with Crippen LogP contribution in [0.1, 0.15) is 6.42 Å². The average Bonchev–Trinajstić information content (AvgIpc) is 2.41. The van der Waals surface area contributed by atoms with Gasteiger partial charge in [0.1, 0.15) is 0 Å². The molecule has 0 atom stereocenters. The minimum absolute atomic E-state index is 0.766. The molecule has 19 heavy (non-hydrogen) atoms. The van der Waals surface area contributed by atoms with Gasteiger partial charge in [0.2, 0.25) is 0 Å². The predicted octanol–water partition coefficient (Wildman–Crippen LogP) is 0.777. The van der Waals surface area contributed by atoms with E-state index in [9.17, 15) is 0 Å². The van der Waals surface area contributed by atoms with Crippen molar-refractivity contribution in [2.75, 3.05) is 39.5 Å². The van der Waals surface area contributed by atoms with Gasteiger partial charge in [0.05, 0.1) is 20.6 Å². The number of thiocarbonyl (C=S) groups is 1. The quantitative estimate of drug-likeness (QED) is 0.376. The Labute approximate surface area is 126 Å². The third-order valence-corrected chi connectivity index (χ3v) is 3.84. The Morgan fingerprint density at radius 3 is 2.53 bits per heavy atom. The third kappa shape index (κ3) is 8.86. The van der Waals surface area contributed by atoms with Crippen LogP contribution in [0.3, 0.4) is 0 Å². The van der Waals surface area contributed by atoms with Gasteiger partial charge in [0.15, 0.2) is 5.11 Å². The molecule has 0 aliphatic carbocycles. The van der Waals surface area contributed by atoms with Crippen LogP contribution in [0.25, 0.3) is 0 Å². The van der Waals surface area contributed by atoms with Gasteiger partial charge in [-0.3, -0.25) is 0 Å². The van der Waals surface area contributed by atoms with Gasteiger partial charge >= 0.3 is 0 Å². The fourth-order valence-corrected chi connectivity index (χ4v) is 2.55. The zero-order valence-electron chi connectivity index (χ0n) is 11.7. The van der Waals surface area contributed by atoms with E-state index in [2.05, 4.69) is 49.0 Å².